The van der Waals surface area contributed by atoms with Crippen molar-refractivity contribution in [2.24, 2.45) is 0 Å². The number of aliphatic hydroxyl groups is 1. The van der Waals surface area contributed by atoms with Crippen LogP contribution in [0.3, 0.4) is 0 Å². The second-order valence-corrected chi connectivity index (χ2v) is 3.38. The fourth-order valence-corrected chi connectivity index (χ4v) is 0.842. The van der Waals surface area contributed by atoms with E-state index < -0.39 is 0 Å². The molecule has 0 aromatic carbocycles. The normalized spacial score (nSPS) is 13.4. The first kappa shape index (κ1) is 17.7. The highest BCUT2D eigenvalue weighted by molar-refractivity contribution is 5.66. The second kappa shape index (κ2) is 12.4. The van der Waals surface area contributed by atoms with Crippen LogP contribution in [0.25, 0.3) is 0 Å². The Balaban J connectivity index is 0. The largest absolute Gasteiger partial charge is 0.460 e. The summed E-state index contributed by atoms with van der Waals surface area (Å²) < 4.78 is 14.4. The highest BCUT2D eigenvalue weighted by atomic mass is 16.6. The van der Waals surface area contributed by atoms with E-state index in [9.17, 15) is 4.79 Å². The van der Waals surface area contributed by atoms with Gasteiger partial charge in [0.2, 0.25) is 0 Å². The lowest BCUT2D eigenvalue weighted by Gasteiger charge is -2.10. The van der Waals surface area contributed by atoms with Crippen LogP contribution >= 0.6 is 0 Å². The summed E-state index contributed by atoms with van der Waals surface area (Å²) in [5.41, 5.74) is 0. The van der Waals surface area contributed by atoms with Crippen LogP contribution in [0, 0.1) is 0 Å². The van der Waals surface area contributed by atoms with Crippen molar-refractivity contribution in [3.8, 4) is 0 Å². The molecule has 0 heterocycles. The average Bonchev–Trinajstić information content (AvgIpc) is 2.14. The van der Waals surface area contributed by atoms with Crippen LogP contribution in [0.15, 0.2) is 0 Å². The maximum atomic E-state index is 10.3. The van der Waals surface area contributed by atoms with Crippen molar-refractivity contribution in [1.82, 2.24) is 0 Å². The minimum Gasteiger partial charge on any atom is -0.460 e. The molecule has 16 heavy (non-hydrogen) atoms. The van der Waals surface area contributed by atoms with E-state index >= 15 is 0 Å². The van der Waals surface area contributed by atoms with Crippen molar-refractivity contribution < 1.29 is 24.1 Å². The zero-order chi connectivity index (χ0) is 13.0. The average molecular weight is 236 g/mol. The van der Waals surface area contributed by atoms with Crippen LogP contribution in [0.1, 0.15) is 27.7 Å². The smallest absolute Gasteiger partial charge is 0.302 e. The number of ether oxygens (including phenoxy) is 3. The third-order valence-electron chi connectivity index (χ3n) is 1.33. The van der Waals surface area contributed by atoms with E-state index in [-0.39, 0.29) is 18.2 Å². The van der Waals surface area contributed by atoms with E-state index in [2.05, 4.69) is 4.74 Å². The third-order valence-corrected chi connectivity index (χ3v) is 1.33. The van der Waals surface area contributed by atoms with Crippen molar-refractivity contribution in [1.29, 1.82) is 0 Å². The monoisotopic (exact) mass is 236 g/mol. The Morgan fingerprint density at radius 1 is 1.31 bits per heavy atom. The number of carbonyl (C=O) groups is 1. The topological polar surface area (TPSA) is 65.0 Å². The molecule has 0 amide bonds. The zero-order valence-electron chi connectivity index (χ0n) is 10.9. The predicted octanol–water partition coefficient (Wildman–Crippen LogP) is 0.988. The van der Waals surface area contributed by atoms with Gasteiger partial charge in [-0.05, 0) is 20.8 Å². The molecular formula is C11H24O5. The standard InChI is InChI=1S/C7H14O3.C4H10O2/c1-4-9-5-6(2)10-7(3)8;1-4(5)3-6-2/h6H,4-5H2,1-3H3;4-5H,3H2,1-2H3. The predicted molar refractivity (Wildman–Crippen MR) is 61.3 cm³/mol. The molecule has 0 bridgehead atoms. The molecule has 0 saturated heterocycles. The highest BCUT2D eigenvalue weighted by Crippen LogP contribution is 1.91. The molecule has 0 aliphatic heterocycles. The summed E-state index contributed by atoms with van der Waals surface area (Å²) in [6.45, 7) is 8.35. The van der Waals surface area contributed by atoms with Crippen molar-refractivity contribution in [2.45, 2.75) is 39.9 Å². The van der Waals surface area contributed by atoms with E-state index in [4.69, 9.17) is 14.6 Å². The molecule has 0 saturated carbocycles. The molecular weight excluding hydrogens is 212 g/mol. The van der Waals surface area contributed by atoms with Gasteiger partial charge < -0.3 is 19.3 Å². The van der Waals surface area contributed by atoms with Gasteiger partial charge in [0.1, 0.15) is 6.10 Å². The molecule has 5 heteroatoms. The summed E-state index contributed by atoms with van der Waals surface area (Å²) in [4.78, 5) is 10.3. The summed E-state index contributed by atoms with van der Waals surface area (Å²) in [6, 6.07) is 0. The second-order valence-electron chi connectivity index (χ2n) is 3.38. The first-order valence-electron chi connectivity index (χ1n) is 5.35. The summed E-state index contributed by atoms with van der Waals surface area (Å²) in [7, 11) is 1.56. The number of rotatable bonds is 6. The molecule has 0 spiro atoms. The molecule has 0 fully saturated rings. The van der Waals surface area contributed by atoms with Gasteiger partial charge in [-0.15, -0.1) is 0 Å². The zero-order valence-corrected chi connectivity index (χ0v) is 10.9. The fraction of sp³-hybridized carbons (Fsp3) is 0.909. The van der Waals surface area contributed by atoms with Crippen molar-refractivity contribution >= 4 is 5.97 Å². The Kier molecular flexibility index (Phi) is 13.8. The number of methoxy groups -OCH3 is 1. The van der Waals surface area contributed by atoms with Gasteiger partial charge in [0, 0.05) is 20.6 Å². The quantitative estimate of drug-likeness (QED) is 0.697. The van der Waals surface area contributed by atoms with Crippen molar-refractivity contribution in [2.75, 3.05) is 26.9 Å². The molecule has 98 valence electrons. The number of aliphatic hydroxyl groups excluding tert-OH is 1. The van der Waals surface area contributed by atoms with E-state index in [1.807, 2.05) is 6.92 Å². The number of hydrogen-bond acceptors (Lipinski definition) is 5. The van der Waals surface area contributed by atoms with Crippen LogP contribution < -0.4 is 0 Å². The van der Waals surface area contributed by atoms with E-state index in [1.165, 1.54) is 6.92 Å². The molecule has 0 rings (SSSR count). The van der Waals surface area contributed by atoms with Gasteiger partial charge in [0.15, 0.2) is 0 Å². The maximum Gasteiger partial charge on any atom is 0.302 e. The molecule has 0 aromatic rings. The molecule has 1 N–H and O–H groups in total. The van der Waals surface area contributed by atoms with E-state index in [0.717, 1.165) is 0 Å². The van der Waals surface area contributed by atoms with Crippen LogP contribution in [0.4, 0.5) is 0 Å². The van der Waals surface area contributed by atoms with Crippen molar-refractivity contribution in [3.05, 3.63) is 0 Å². The summed E-state index contributed by atoms with van der Waals surface area (Å²) >= 11 is 0. The minimum absolute atomic E-state index is 0.127. The molecule has 0 aromatic heterocycles. The maximum absolute atomic E-state index is 10.3. The van der Waals surface area contributed by atoms with Crippen LogP contribution in [-0.4, -0.2) is 50.2 Å². The molecule has 0 radical (unpaired) electrons. The van der Waals surface area contributed by atoms with E-state index in [1.54, 1.807) is 21.0 Å². The van der Waals surface area contributed by atoms with Gasteiger partial charge in [0.05, 0.1) is 19.3 Å². The van der Waals surface area contributed by atoms with Crippen molar-refractivity contribution in [3.63, 3.8) is 0 Å². The van der Waals surface area contributed by atoms with Crippen LogP contribution in [-0.2, 0) is 19.0 Å². The lowest BCUT2D eigenvalue weighted by molar-refractivity contribution is -0.148. The first-order chi connectivity index (χ1) is 7.43. The number of carbonyl (C=O) groups excluding carboxylic acids is 1. The van der Waals surface area contributed by atoms with Gasteiger partial charge in [-0.25, -0.2) is 0 Å². The lowest BCUT2D eigenvalue weighted by Crippen LogP contribution is -2.18. The Bertz CT molecular complexity index is 158. The summed E-state index contributed by atoms with van der Waals surface area (Å²) in [5.74, 6) is -0.257. The van der Waals surface area contributed by atoms with Gasteiger partial charge in [-0.1, -0.05) is 0 Å². The summed E-state index contributed by atoms with van der Waals surface area (Å²) in [6.07, 6.45) is -0.451. The highest BCUT2D eigenvalue weighted by Gasteiger charge is 2.03. The molecule has 0 aliphatic carbocycles. The Labute approximate surface area is 97.7 Å². The lowest BCUT2D eigenvalue weighted by atomic mass is 10.4. The van der Waals surface area contributed by atoms with Gasteiger partial charge in [0.25, 0.3) is 0 Å². The summed E-state index contributed by atoms with van der Waals surface area (Å²) in [5, 5.41) is 8.43. The molecule has 0 aliphatic rings. The third kappa shape index (κ3) is 19.0. The molecule has 2 unspecified atom stereocenters. The van der Waals surface area contributed by atoms with Gasteiger partial charge in [-0.2, -0.15) is 0 Å². The Morgan fingerprint density at radius 2 is 1.88 bits per heavy atom. The Hall–Kier alpha value is -0.650. The fourth-order valence-electron chi connectivity index (χ4n) is 0.842. The van der Waals surface area contributed by atoms with Crippen LogP contribution in [0.2, 0.25) is 0 Å². The number of esters is 1. The van der Waals surface area contributed by atoms with Crippen LogP contribution in [0.5, 0.6) is 0 Å². The number of hydrogen-bond donors (Lipinski definition) is 1. The minimum atomic E-state index is -0.324. The Morgan fingerprint density at radius 3 is 2.12 bits per heavy atom. The molecule has 2 atom stereocenters. The SMILES string of the molecule is CCOCC(C)OC(C)=O.COCC(C)O. The molecule has 5 nitrogen and oxygen atoms in total. The van der Waals surface area contributed by atoms with Gasteiger partial charge >= 0.3 is 5.97 Å². The van der Waals surface area contributed by atoms with Gasteiger partial charge in [-0.3, -0.25) is 4.79 Å². The first-order valence-corrected chi connectivity index (χ1v) is 5.35. The van der Waals surface area contributed by atoms with E-state index in [0.29, 0.717) is 19.8 Å².